The number of allylic oxidation sites excluding steroid dienone is 4. The van der Waals surface area contributed by atoms with Gasteiger partial charge in [0, 0.05) is 10.1 Å². The van der Waals surface area contributed by atoms with Crippen molar-refractivity contribution in [1.29, 1.82) is 0 Å². The predicted molar refractivity (Wildman–Crippen MR) is 59.7 cm³/mol. The minimum atomic E-state index is 0.651. The van der Waals surface area contributed by atoms with E-state index in [0.717, 1.165) is 6.42 Å². The lowest BCUT2D eigenvalue weighted by atomic mass is 10.2. The summed E-state index contributed by atoms with van der Waals surface area (Å²) < 4.78 is 1.18. The first-order chi connectivity index (χ1) is 5.20. The minimum Gasteiger partial charge on any atom is -0.327 e. The lowest BCUT2D eigenvalue weighted by molar-refractivity contribution is 1.11. The van der Waals surface area contributed by atoms with Gasteiger partial charge in [-0.05, 0) is 35.9 Å². The minimum absolute atomic E-state index is 0.651. The molecular formula is C9H14IN. The first-order valence-corrected chi connectivity index (χ1v) is 4.62. The van der Waals surface area contributed by atoms with Crippen LogP contribution in [0, 0.1) is 0 Å². The molecule has 0 atom stereocenters. The van der Waals surface area contributed by atoms with Crippen molar-refractivity contribution in [3.8, 4) is 0 Å². The summed E-state index contributed by atoms with van der Waals surface area (Å²) in [5.74, 6) is 0. The fourth-order valence-electron chi connectivity index (χ4n) is 0.539. The third-order valence-electron chi connectivity index (χ3n) is 1.30. The van der Waals surface area contributed by atoms with Crippen LogP contribution in [0.25, 0.3) is 0 Å². The Morgan fingerprint density at radius 2 is 2.18 bits per heavy atom. The van der Waals surface area contributed by atoms with Crippen LogP contribution < -0.4 is 5.73 Å². The van der Waals surface area contributed by atoms with Crippen molar-refractivity contribution in [2.75, 3.05) is 6.54 Å². The lowest BCUT2D eigenvalue weighted by Gasteiger charge is -1.92. The molecule has 0 aliphatic carbocycles. The molecule has 0 aliphatic heterocycles. The van der Waals surface area contributed by atoms with Crippen LogP contribution in [-0.4, -0.2) is 6.54 Å². The third-order valence-corrected chi connectivity index (χ3v) is 2.18. The standard InChI is InChI=1S/C9H14IN/c1-3-9(10)6-4-5-8(2)7-11/h3,5-6H,1,4,7,11H2,2H3/b8-5-,9-6+. The van der Waals surface area contributed by atoms with Gasteiger partial charge in [0.25, 0.3) is 0 Å². The van der Waals surface area contributed by atoms with E-state index in [-0.39, 0.29) is 0 Å². The molecule has 0 aliphatic rings. The van der Waals surface area contributed by atoms with Crippen molar-refractivity contribution >= 4 is 22.6 Å². The molecule has 0 unspecified atom stereocenters. The van der Waals surface area contributed by atoms with E-state index in [2.05, 4.69) is 41.3 Å². The zero-order chi connectivity index (χ0) is 8.69. The van der Waals surface area contributed by atoms with Crippen LogP contribution in [0.5, 0.6) is 0 Å². The van der Waals surface area contributed by atoms with Gasteiger partial charge in [-0.2, -0.15) is 0 Å². The first-order valence-electron chi connectivity index (χ1n) is 3.54. The molecule has 0 bridgehead atoms. The smallest absolute Gasteiger partial charge is 0.0134 e. The van der Waals surface area contributed by atoms with Crippen molar-refractivity contribution in [2.24, 2.45) is 5.73 Å². The number of hydrogen-bond donors (Lipinski definition) is 1. The van der Waals surface area contributed by atoms with Crippen LogP contribution in [0.15, 0.2) is 34.0 Å². The van der Waals surface area contributed by atoms with Crippen LogP contribution >= 0.6 is 22.6 Å². The van der Waals surface area contributed by atoms with Gasteiger partial charge in [0.1, 0.15) is 0 Å². The van der Waals surface area contributed by atoms with Gasteiger partial charge in [-0.25, -0.2) is 0 Å². The summed E-state index contributed by atoms with van der Waals surface area (Å²) in [6, 6.07) is 0. The molecule has 0 spiro atoms. The number of hydrogen-bond acceptors (Lipinski definition) is 1. The van der Waals surface area contributed by atoms with Gasteiger partial charge in [-0.1, -0.05) is 30.4 Å². The molecule has 2 heteroatoms. The van der Waals surface area contributed by atoms with Crippen LogP contribution in [-0.2, 0) is 0 Å². The van der Waals surface area contributed by atoms with Gasteiger partial charge in [0.2, 0.25) is 0 Å². The molecule has 0 saturated carbocycles. The molecule has 1 nitrogen and oxygen atoms in total. The highest BCUT2D eigenvalue weighted by atomic mass is 127. The summed E-state index contributed by atoms with van der Waals surface area (Å²) >= 11 is 2.25. The number of halogens is 1. The highest BCUT2D eigenvalue weighted by molar-refractivity contribution is 14.1. The summed E-state index contributed by atoms with van der Waals surface area (Å²) in [7, 11) is 0. The van der Waals surface area contributed by atoms with Gasteiger partial charge < -0.3 is 5.73 Å². The summed E-state index contributed by atoms with van der Waals surface area (Å²) in [4.78, 5) is 0. The zero-order valence-corrected chi connectivity index (χ0v) is 8.97. The van der Waals surface area contributed by atoms with E-state index in [4.69, 9.17) is 5.73 Å². The maximum absolute atomic E-state index is 5.41. The second kappa shape index (κ2) is 6.61. The molecule has 0 radical (unpaired) electrons. The second-order valence-corrected chi connectivity index (χ2v) is 3.53. The number of rotatable bonds is 4. The Balaban J connectivity index is 3.80. The lowest BCUT2D eigenvalue weighted by Crippen LogP contribution is -1.98. The highest BCUT2D eigenvalue weighted by Gasteiger charge is 1.83. The van der Waals surface area contributed by atoms with E-state index in [9.17, 15) is 0 Å². The van der Waals surface area contributed by atoms with E-state index >= 15 is 0 Å². The maximum atomic E-state index is 5.41. The quantitative estimate of drug-likeness (QED) is 0.471. The van der Waals surface area contributed by atoms with Gasteiger partial charge in [0.05, 0.1) is 0 Å². The Kier molecular flexibility index (Phi) is 6.56. The maximum Gasteiger partial charge on any atom is 0.0134 e. The average Bonchev–Trinajstić information content (AvgIpc) is 2.04. The SMILES string of the molecule is C=C/C(I)=C\C/C=C(/C)CN. The Bertz CT molecular complexity index is 180. The zero-order valence-electron chi connectivity index (χ0n) is 6.81. The Morgan fingerprint density at radius 3 is 2.64 bits per heavy atom. The molecule has 0 aromatic heterocycles. The monoisotopic (exact) mass is 263 g/mol. The molecule has 0 aromatic carbocycles. The Morgan fingerprint density at radius 1 is 1.55 bits per heavy atom. The third kappa shape index (κ3) is 6.31. The van der Waals surface area contributed by atoms with E-state index < -0.39 is 0 Å². The van der Waals surface area contributed by atoms with Crippen LogP contribution in [0.3, 0.4) is 0 Å². The van der Waals surface area contributed by atoms with Gasteiger partial charge >= 0.3 is 0 Å². The molecule has 0 rings (SSSR count). The molecule has 62 valence electrons. The molecule has 2 N–H and O–H groups in total. The highest BCUT2D eigenvalue weighted by Crippen LogP contribution is 2.08. The van der Waals surface area contributed by atoms with Crippen molar-refractivity contribution in [3.05, 3.63) is 34.0 Å². The number of nitrogens with two attached hydrogens (primary N) is 1. The molecule has 0 amide bonds. The average molecular weight is 263 g/mol. The molecule has 11 heavy (non-hydrogen) atoms. The van der Waals surface area contributed by atoms with Crippen LogP contribution in [0.4, 0.5) is 0 Å². The Labute approximate surface area is 82.2 Å². The summed E-state index contributed by atoms with van der Waals surface area (Å²) in [6.07, 6.45) is 7.04. The largest absolute Gasteiger partial charge is 0.327 e. The summed E-state index contributed by atoms with van der Waals surface area (Å²) in [5, 5.41) is 0. The van der Waals surface area contributed by atoms with E-state index in [1.54, 1.807) is 0 Å². The van der Waals surface area contributed by atoms with Gasteiger partial charge in [-0.15, -0.1) is 0 Å². The van der Waals surface area contributed by atoms with Crippen LogP contribution in [0.1, 0.15) is 13.3 Å². The molecule has 0 saturated heterocycles. The summed E-state index contributed by atoms with van der Waals surface area (Å²) in [6.45, 7) is 6.34. The van der Waals surface area contributed by atoms with Gasteiger partial charge in [-0.3, -0.25) is 0 Å². The van der Waals surface area contributed by atoms with E-state index in [1.165, 1.54) is 9.15 Å². The second-order valence-electron chi connectivity index (χ2n) is 2.28. The van der Waals surface area contributed by atoms with Crippen LogP contribution in [0.2, 0.25) is 0 Å². The molecule has 0 aromatic rings. The van der Waals surface area contributed by atoms with E-state index in [0.29, 0.717) is 6.54 Å². The summed E-state index contributed by atoms with van der Waals surface area (Å²) in [5.41, 5.74) is 6.64. The normalized spacial score (nSPS) is 13.4. The Hall–Kier alpha value is -0.0900. The predicted octanol–water partition coefficient (Wildman–Crippen LogP) is 2.79. The van der Waals surface area contributed by atoms with Crippen molar-refractivity contribution < 1.29 is 0 Å². The fraction of sp³-hybridized carbons (Fsp3) is 0.333. The van der Waals surface area contributed by atoms with Crippen molar-refractivity contribution in [2.45, 2.75) is 13.3 Å². The molecule has 0 fully saturated rings. The van der Waals surface area contributed by atoms with Gasteiger partial charge in [0.15, 0.2) is 0 Å². The first kappa shape index (κ1) is 10.9. The molecule has 0 heterocycles. The topological polar surface area (TPSA) is 26.0 Å². The van der Waals surface area contributed by atoms with Crippen molar-refractivity contribution in [3.63, 3.8) is 0 Å². The van der Waals surface area contributed by atoms with E-state index in [1.807, 2.05) is 13.0 Å². The fourth-order valence-corrected chi connectivity index (χ4v) is 0.794. The van der Waals surface area contributed by atoms with Crippen molar-refractivity contribution in [1.82, 2.24) is 0 Å². The molecular weight excluding hydrogens is 249 g/mol.